The Bertz CT molecular complexity index is 1220. The van der Waals surface area contributed by atoms with E-state index in [1.807, 2.05) is 79.0 Å². The van der Waals surface area contributed by atoms with Gasteiger partial charge in [-0.05, 0) is 35.7 Å². The minimum absolute atomic E-state index is 0.0943. The number of aryl methyl sites for hydroxylation is 1. The summed E-state index contributed by atoms with van der Waals surface area (Å²) in [6.45, 7) is 2.09. The van der Waals surface area contributed by atoms with Crippen molar-refractivity contribution in [3.05, 3.63) is 106 Å². The second kappa shape index (κ2) is 10.7. The molecular weight excluding hydrogens is 432 g/mol. The predicted octanol–water partition coefficient (Wildman–Crippen LogP) is 5.59. The first-order valence-electron chi connectivity index (χ1n) is 10.6. The van der Waals surface area contributed by atoms with Crippen LogP contribution in [-0.2, 0) is 33.8 Å². The minimum atomic E-state index is -0.311. The van der Waals surface area contributed by atoms with Crippen molar-refractivity contribution in [2.75, 3.05) is 5.32 Å². The topological polar surface area (TPSA) is 68.3 Å². The van der Waals surface area contributed by atoms with Crippen LogP contribution in [0.3, 0.4) is 0 Å². The molecule has 0 saturated carbocycles. The molecule has 1 amide bonds. The highest BCUT2D eigenvalue weighted by molar-refractivity contribution is 7.09. The maximum atomic E-state index is 12.2. The van der Waals surface area contributed by atoms with Gasteiger partial charge in [0.05, 0.1) is 18.5 Å². The molecule has 1 N–H and O–H groups in total. The van der Waals surface area contributed by atoms with Crippen molar-refractivity contribution >= 4 is 28.9 Å². The third-order valence-electron chi connectivity index (χ3n) is 5.04. The number of thiazole rings is 1. The summed E-state index contributed by atoms with van der Waals surface area (Å²) >= 11 is 1.38. The van der Waals surface area contributed by atoms with Crippen LogP contribution in [0.4, 0.5) is 5.69 Å². The number of hydrogen-bond donors (Lipinski definition) is 1. The summed E-state index contributed by atoms with van der Waals surface area (Å²) < 4.78 is 5.38. The Morgan fingerprint density at radius 1 is 0.879 bits per heavy atom. The monoisotopic (exact) mass is 456 g/mol. The Morgan fingerprint density at radius 3 is 2.30 bits per heavy atom. The first-order valence-corrected chi connectivity index (χ1v) is 11.5. The third-order valence-corrected chi connectivity index (χ3v) is 5.93. The maximum absolute atomic E-state index is 12.2. The number of hydrogen-bond acceptors (Lipinski definition) is 5. The van der Waals surface area contributed by atoms with E-state index in [1.54, 1.807) is 0 Å². The van der Waals surface area contributed by atoms with Crippen LogP contribution in [-0.4, -0.2) is 16.9 Å². The SMILES string of the molecule is Cc1ccc(NC(=O)Cc2nc(COC(=O)Cc3ccc(-c4ccccc4)cc3)cs2)cc1. The van der Waals surface area contributed by atoms with Gasteiger partial charge in [-0.25, -0.2) is 4.98 Å². The van der Waals surface area contributed by atoms with E-state index >= 15 is 0 Å². The van der Waals surface area contributed by atoms with Crippen LogP contribution in [0.1, 0.15) is 21.8 Å². The zero-order valence-corrected chi connectivity index (χ0v) is 19.1. The van der Waals surface area contributed by atoms with E-state index in [-0.39, 0.29) is 31.3 Å². The van der Waals surface area contributed by atoms with Crippen molar-refractivity contribution in [3.8, 4) is 11.1 Å². The summed E-state index contributed by atoms with van der Waals surface area (Å²) in [5.41, 5.74) is 5.68. The molecule has 0 aliphatic rings. The molecule has 3 aromatic carbocycles. The van der Waals surface area contributed by atoms with E-state index < -0.39 is 0 Å². The smallest absolute Gasteiger partial charge is 0.310 e. The van der Waals surface area contributed by atoms with Gasteiger partial charge >= 0.3 is 5.97 Å². The molecular formula is C27H24N2O3S. The number of amides is 1. The number of carbonyl (C=O) groups excluding carboxylic acids is 2. The quantitative estimate of drug-likeness (QED) is 0.351. The van der Waals surface area contributed by atoms with Crippen LogP contribution in [0.5, 0.6) is 0 Å². The Kier molecular flexibility index (Phi) is 7.27. The number of nitrogens with one attached hydrogen (secondary N) is 1. The fraction of sp³-hybridized carbons (Fsp3) is 0.148. The van der Waals surface area contributed by atoms with Crippen LogP contribution >= 0.6 is 11.3 Å². The highest BCUT2D eigenvalue weighted by atomic mass is 32.1. The van der Waals surface area contributed by atoms with Crippen LogP contribution in [0, 0.1) is 6.92 Å². The average Bonchev–Trinajstić information content (AvgIpc) is 3.27. The predicted molar refractivity (Wildman–Crippen MR) is 131 cm³/mol. The van der Waals surface area contributed by atoms with Crippen molar-refractivity contribution in [1.29, 1.82) is 0 Å². The fourth-order valence-corrected chi connectivity index (χ4v) is 4.07. The highest BCUT2D eigenvalue weighted by Gasteiger charge is 2.11. The molecule has 4 rings (SSSR count). The summed E-state index contributed by atoms with van der Waals surface area (Å²) in [7, 11) is 0. The molecule has 4 aromatic rings. The van der Waals surface area contributed by atoms with Gasteiger partial charge in [0.1, 0.15) is 11.6 Å². The molecule has 166 valence electrons. The number of ether oxygens (including phenoxy) is 1. The Labute approximate surface area is 197 Å². The number of benzene rings is 3. The normalized spacial score (nSPS) is 10.6. The Morgan fingerprint density at radius 2 is 1.58 bits per heavy atom. The average molecular weight is 457 g/mol. The summed E-state index contributed by atoms with van der Waals surface area (Å²) in [5.74, 6) is -0.440. The lowest BCUT2D eigenvalue weighted by Crippen LogP contribution is -2.14. The number of nitrogens with zero attached hydrogens (tertiary/aromatic N) is 1. The molecule has 0 aliphatic carbocycles. The van der Waals surface area contributed by atoms with Crippen molar-refractivity contribution in [2.24, 2.45) is 0 Å². The number of rotatable bonds is 8. The Hall–Kier alpha value is -3.77. The fourth-order valence-electron chi connectivity index (χ4n) is 3.29. The first-order chi connectivity index (χ1) is 16.0. The molecule has 0 unspecified atom stereocenters. The molecule has 5 nitrogen and oxygen atoms in total. The number of aromatic nitrogens is 1. The molecule has 0 atom stereocenters. The van der Waals surface area contributed by atoms with Gasteiger partial charge < -0.3 is 10.1 Å². The number of carbonyl (C=O) groups is 2. The summed E-state index contributed by atoms with van der Waals surface area (Å²) in [6.07, 6.45) is 0.380. The van der Waals surface area contributed by atoms with Gasteiger partial charge in [-0.2, -0.15) is 0 Å². The second-order valence-electron chi connectivity index (χ2n) is 7.72. The van der Waals surface area contributed by atoms with Crippen molar-refractivity contribution in [2.45, 2.75) is 26.4 Å². The van der Waals surface area contributed by atoms with Gasteiger partial charge in [0.15, 0.2) is 0 Å². The summed E-state index contributed by atoms with van der Waals surface area (Å²) in [4.78, 5) is 28.9. The van der Waals surface area contributed by atoms with E-state index in [1.165, 1.54) is 11.3 Å². The zero-order valence-electron chi connectivity index (χ0n) is 18.3. The lowest BCUT2D eigenvalue weighted by atomic mass is 10.0. The molecule has 0 fully saturated rings. The van der Waals surface area contributed by atoms with E-state index in [2.05, 4.69) is 22.4 Å². The number of anilines is 1. The highest BCUT2D eigenvalue weighted by Crippen LogP contribution is 2.20. The standard InChI is InChI=1S/C27H24N2O3S/c1-19-7-13-23(14-8-19)28-25(30)16-26-29-24(18-33-26)17-32-27(31)15-20-9-11-22(12-10-20)21-5-3-2-4-6-21/h2-14,18H,15-17H2,1H3,(H,28,30). The zero-order chi connectivity index (χ0) is 23.0. The molecule has 0 spiro atoms. The molecule has 33 heavy (non-hydrogen) atoms. The third kappa shape index (κ3) is 6.60. The van der Waals surface area contributed by atoms with E-state index in [0.29, 0.717) is 10.7 Å². The van der Waals surface area contributed by atoms with E-state index in [9.17, 15) is 9.59 Å². The lowest BCUT2D eigenvalue weighted by molar-refractivity contribution is -0.144. The van der Waals surface area contributed by atoms with Crippen LogP contribution in [0.15, 0.2) is 84.2 Å². The van der Waals surface area contributed by atoms with Crippen LogP contribution in [0.2, 0.25) is 0 Å². The summed E-state index contributed by atoms with van der Waals surface area (Å²) in [6, 6.07) is 25.6. The largest absolute Gasteiger partial charge is 0.459 e. The van der Waals surface area contributed by atoms with E-state index in [0.717, 1.165) is 27.9 Å². The Balaban J connectivity index is 1.23. The van der Waals surface area contributed by atoms with Gasteiger partial charge in [-0.1, -0.05) is 72.3 Å². The van der Waals surface area contributed by atoms with Gasteiger partial charge in [-0.3, -0.25) is 9.59 Å². The van der Waals surface area contributed by atoms with Gasteiger partial charge in [0, 0.05) is 11.1 Å². The first kappa shape index (κ1) is 22.4. The molecule has 6 heteroatoms. The second-order valence-corrected chi connectivity index (χ2v) is 8.67. The molecule has 0 saturated heterocycles. The van der Waals surface area contributed by atoms with Crippen molar-refractivity contribution < 1.29 is 14.3 Å². The molecule has 1 aromatic heterocycles. The van der Waals surface area contributed by atoms with Gasteiger partial charge in [0.25, 0.3) is 0 Å². The van der Waals surface area contributed by atoms with Crippen LogP contribution in [0.25, 0.3) is 11.1 Å². The molecule has 0 bridgehead atoms. The van der Waals surface area contributed by atoms with Crippen LogP contribution < -0.4 is 5.32 Å². The minimum Gasteiger partial charge on any atom is -0.459 e. The molecule has 0 aliphatic heterocycles. The lowest BCUT2D eigenvalue weighted by Gasteiger charge is -2.05. The van der Waals surface area contributed by atoms with Crippen molar-refractivity contribution in [1.82, 2.24) is 4.98 Å². The van der Waals surface area contributed by atoms with E-state index in [4.69, 9.17) is 4.74 Å². The van der Waals surface area contributed by atoms with Gasteiger partial charge in [0.2, 0.25) is 5.91 Å². The molecule has 1 heterocycles. The summed E-state index contributed by atoms with van der Waals surface area (Å²) in [5, 5.41) is 5.36. The van der Waals surface area contributed by atoms with Crippen molar-refractivity contribution in [3.63, 3.8) is 0 Å². The van der Waals surface area contributed by atoms with Gasteiger partial charge in [-0.15, -0.1) is 11.3 Å². The maximum Gasteiger partial charge on any atom is 0.310 e. The molecule has 0 radical (unpaired) electrons. The number of esters is 1.